The minimum atomic E-state index is -3.28. The van der Waals surface area contributed by atoms with E-state index in [-0.39, 0.29) is 17.6 Å². The summed E-state index contributed by atoms with van der Waals surface area (Å²) in [6.45, 7) is 5.04. The highest BCUT2D eigenvalue weighted by Crippen LogP contribution is 2.29. The van der Waals surface area contributed by atoms with Crippen LogP contribution in [0, 0.1) is 0 Å². The first-order valence-corrected chi connectivity index (χ1v) is 9.92. The van der Waals surface area contributed by atoms with Gasteiger partial charge in [-0.1, -0.05) is 49.3 Å². The van der Waals surface area contributed by atoms with E-state index < -0.39 is 10.0 Å². The molecule has 1 aromatic heterocycles. The summed E-state index contributed by atoms with van der Waals surface area (Å²) in [4.78, 5) is 4.44. The molecule has 0 atom stereocenters. The van der Waals surface area contributed by atoms with Crippen LogP contribution in [-0.2, 0) is 15.8 Å². The van der Waals surface area contributed by atoms with E-state index in [1.54, 1.807) is 4.31 Å². The van der Waals surface area contributed by atoms with Gasteiger partial charge in [-0.3, -0.25) is 0 Å². The fourth-order valence-electron chi connectivity index (χ4n) is 2.90. The van der Waals surface area contributed by atoms with Crippen LogP contribution in [0.1, 0.15) is 55.8 Å². The molecular formula is C17H23N3O3S. The highest BCUT2D eigenvalue weighted by atomic mass is 32.2. The Balaban J connectivity index is 1.61. The molecular weight excluding hydrogens is 326 g/mol. The van der Waals surface area contributed by atoms with Gasteiger partial charge in [0, 0.05) is 24.9 Å². The van der Waals surface area contributed by atoms with Crippen molar-refractivity contribution in [2.75, 3.05) is 13.1 Å². The lowest BCUT2D eigenvalue weighted by Gasteiger charge is -2.29. The van der Waals surface area contributed by atoms with Crippen LogP contribution in [0.5, 0.6) is 0 Å². The highest BCUT2D eigenvalue weighted by molar-refractivity contribution is 7.88. The molecule has 0 saturated carbocycles. The summed E-state index contributed by atoms with van der Waals surface area (Å²) in [5.41, 5.74) is 0.818. The minimum Gasteiger partial charge on any atom is -0.339 e. The second-order valence-corrected chi connectivity index (χ2v) is 8.53. The Morgan fingerprint density at radius 1 is 1.21 bits per heavy atom. The third-order valence-corrected chi connectivity index (χ3v) is 6.21. The fourth-order valence-corrected chi connectivity index (χ4v) is 4.47. The van der Waals surface area contributed by atoms with E-state index in [0.717, 1.165) is 5.56 Å². The van der Waals surface area contributed by atoms with Crippen LogP contribution in [0.15, 0.2) is 34.9 Å². The third-order valence-electron chi connectivity index (χ3n) is 4.36. The van der Waals surface area contributed by atoms with Crippen molar-refractivity contribution in [2.45, 2.75) is 44.3 Å². The van der Waals surface area contributed by atoms with Crippen molar-refractivity contribution in [3.05, 3.63) is 47.6 Å². The summed E-state index contributed by atoms with van der Waals surface area (Å²) in [5.74, 6) is 1.78. The predicted molar refractivity (Wildman–Crippen MR) is 91.0 cm³/mol. The van der Waals surface area contributed by atoms with Gasteiger partial charge in [-0.15, -0.1) is 0 Å². The molecule has 1 fully saturated rings. The third kappa shape index (κ3) is 3.84. The van der Waals surface area contributed by atoms with E-state index in [1.165, 1.54) is 0 Å². The molecule has 7 heteroatoms. The van der Waals surface area contributed by atoms with Gasteiger partial charge in [0.15, 0.2) is 5.82 Å². The Hall–Kier alpha value is -1.73. The van der Waals surface area contributed by atoms with Gasteiger partial charge < -0.3 is 4.52 Å². The number of hydrogen-bond donors (Lipinski definition) is 0. The van der Waals surface area contributed by atoms with Gasteiger partial charge in [0.25, 0.3) is 0 Å². The molecule has 2 heterocycles. The number of sulfonamides is 1. The van der Waals surface area contributed by atoms with Crippen molar-refractivity contribution in [3.8, 4) is 0 Å². The molecule has 0 spiro atoms. The maximum absolute atomic E-state index is 12.6. The van der Waals surface area contributed by atoms with Gasteiger partial charge in [-0.2, -0.15) is 4.98 Å². The first kappa shape index (κ1) is 17.1. The maximum atomic E-state index is 12.6. The number of piperidine rings is 1. The number of nitrogens with zero attached hydrogens (tertiary/aromatic N) is 3. The lowest BCUT2D eigenvalue weighted by atomic mass is 9.98. The van der Waals surface area contributed by atoms with Crippen LogP contribution in [0.4, 0.5) is 0 Å². The second-order valence-electron chi connectivity index (χ2n) is 6.56. The quantitative estimate of drug-likeness (QED) is 0.829. The van der Waals surface area contributed by atoms with E-state index in [2.05, 4.69) is 10.1 Å². The minimum absolute atomic E-state index is 0.0521. The van der Waals surface area contributed by atoms with E-state index in [1.807, 2.05) is 44.2 Å². The summed E-state index contributed by atoms with van der Waals surface area (Å²) < 4.78 is 32.1. The van der Waals surface area contributed by atoms with Gasteiger partial charge in [-0.05, 0) is 18.4 Å². The first-order chi connectivity index (χ1) is 11.5. The maximum Gasteiger partial charge on any atom is 0.229 e. The molecule has 0 bridgehead atoms. The average Bonchev–Trinajstić information content (AvgIpc) is 3.06. The molecule has 6 nitrogen and oxygen atoms in total. The van der Waals surface area contributed by atoms with Crippen LogP contribution in [0.3, 0.4) is 0 Å². The lowest BCUT2D eigenvalue weighted by Crippen LogP contribution is -2.38. The summed E-state index contributed by atoms with van der Waals surface area (Å²) in [6, 6.07) is 9.29. The SMILES string of the molecule is CC(C)c1noc(C2CCN(S(=O)(=O)Cc3ccccc3)CC2)n1. The lowest BCUT2D eigenvalue weighted by molar-refractivity contribution is 0.269. The molecule has 0 radical (unpaired) electrons. The van der Waals surface area contributed by atoms with Crippen molar-refractivity contribution in [3.63, 3.8) is 0 Å². The molecule has 1 aromatic carbocycles. The molecule has 130 valence electrons. The summed E-state index contributed by atoms with van der Waals surface area (Å²) in [5, 5.41) is 4.00. The number of aromatic nitrogens is 2. The smallest absolute Gasteiger partial charge is 0.229 e. The molecule has 24 heavy (non-hydrogen) atoms. The van der Waals surface area contributed by atoms with Crippen molar-refractivity contribution >= 4 is 10.0 Å². The summed E-state index contributed by atoms with van der Waals surface area (Å²) >= 11 is 0. The second kappa shape index (κ2) is 7.03. The molecule has 2 aromatic rings. The van der Waals surface area contributed by atoms with Gasteiger partial charge in [0.05, 0.1) is 5.75 Å². The molecule has 0 unspecified atom stereocenters. The Morgan fingerprint density at radius 2 is 1.88 bits per heavy atom. The first-order valence-electron chi connectivity index (χ1n) is 8.31. The van der Waals surface area contributed by atoms with Crippen molar-refractivity contribution in [1.29, 1.82) is 0 Å². The zero-order valence-corrected chi connectivity index (χ0v) is 14.9. The van der Waals surface area contributed by atoms with E-state index in [4.69, 9.17) is 4.52 Å². The van der Waals surface area contributed by atoms with Crippen LogP contribution >= 0.6 is 0 Å². The largest absolute Gasteiger partial charge is 0.339 e. The molecule has 0 aliphatic carbocycles. The van der Waals surface area contributed by atoms with Gasteiger partial charge in [0.1, 0.15) is 0 Å². The number of rotatable bonds is 5. The fraction of sp³-hybridized carbons (Fsp3) is 0.529. The Bertz CT molecular complexity index is 763. The predicted octanol–water partition coefficient (Wildman–Crippen LogP) is 2.90. The Morgan fingerprint density at radius 3 is 2.46 bits per heavy atom. The zero-order chi connectivity index (χ0) is 17.2. The molecule has 1 saturated heterocycles. The van der Waals surface area contributed by atoms with Crippen LogP contribution in [0.25, 0.3) is 0 Å². The zero-order valence-electron chi connectivity index (χ0n) is 14.1. The summed E-state index contributed by atoms with van der Waals surface area (Å²) in [7, 11) is -3.28. The number of benzene rings is 1. The van der Waals surface area contributed by atoms with E-state index in [9.17, 15) is 8.42 Å². The topological polar surface area (TPSA) is 76.3 Å². The van der Waals surface area contributed by atoms with Crippen LogP contribution in [0.2, 0.25) is 0 Å². The van der Waals surface area contributed by atoms with Gasteiger partial charge in [-0.25, -0.2) is 12.7 Å². The van der Waals surface area contributed by atoms with E-state index >= 15 is 0 Å². The summed E-state index contributed by atoms with van der Waals surface area (Å²) in [6.07, 6.45) is 1.43. The highest BCUT2D eigenvalue weighted by Gasteiger charge is 2.31. The van der Waals surface area contributed by atoms with Crippen molar-refractivity contribution in [2.24, 2.45) is 0 Å². The molecule has 0 amide bonds. The van der Waals surface area contributed by atoms with Crippen LogP contribution < -0.4 is 0 Å². The number of hydrogen-bond acceptors (Lipinski definition) is 5. The Kier molecular flexibility index (Phi) is 5.01. The monoisotopic (exact) mass is 349 g/mol. The molecule has 0 N–H and O–H groups in total. The molecule has 1 aliphatic heterocycles. The van der Waals surface area contributed by atoms with Crippen LogP contribution in [-0.4, -0.2) is 36.0 Å². The van der Waals surface area contributed by atoms with Gasteiger partial charge in [0.2, 0.25) is 15.9 Å². The molecule has 1 aliphatic rings. The normalized spacial score (nSPS) is 17.5. The Labute approximate surface area is 142 Å². The van der Waals surface area contributed by atoms with Gasteiger partial charge >= 0.3 is 0 Å². The molecule has 3 rings (SSSR count). The average molecular weight is 349 g/mol. The van der Waals surface area contributed by atoms with E-state index in [0.29, 0.717) is 37.6 Å². The van der Waals surface area contributed by atoms with Crippen molar-refractivity contribution < 1.29 is 12.9 Å². The standard InChI is InChI=1S/C17H23N3O3S/c1-13(2)16-18-17(23-19-16)15-8-10-20(11-9-15)24(21,22)12-14-6-4-3-5-7-14/h3-7,13,15H,8-12H2,1-2H3. The van der Waals surface area contributed by atoms with Crippen molar-refractivity contribution in [1.82, 2.24) is 14.4 Å².